The third-order valence-corrected chi connectivity index (χ3v) is 10.1. The Morgan fingerprint density at radius 1 is 0.617 bits per heavy atom. The standard InChI is InChI=1S/C44H31N3/c1-2-14-35-36-17-6-11-23-42(36)46(41(35)22-3-1)31-26-30(29-45-39-20-9-4-15-33(39)34-16-5-10-21-40(34)45)27-32(28-31)47-43-24-12-7-18-37(43)38-19-8-13-25-44(38)47/h1,4-7,9,11-18,20,23-28H,3,10,21-22,29H2. The molecule has 0 radical (unpaired) electrons. The molecular formula is C44H31N3. The molecule has 0 bridgehead atoms. The van der Waals surface area contributed by atoms with E-state index in [9.17, 15) is 0 Å². The van der Waals surface area contributed by atoms with Crippen molar-refractivity contribution in [2.24, 2.45) is 0 Å². The Hall–Kier alpha value is -5.94. The summed E-state index contributed by atoms with van der Waals surface area (Å²) < 4.78 is 7.49. The molecule has 0 atom stereocenters. The van der Waals surface area contributed by atoms with E-state index in [4.69, 9.17) is 0 Å². The Labute approximate surface area is 273 Å². The zero-order chi connectivity index (χ0) is 30.9. The summed E-state index contributed by atoms with van der Waals surface area (Å²) in [5.41, 5.74) is 17.3. The number of benzene rings is 4. The van der Waals surface area contributed by atoms with Crippen molar-refractivity contribution in [3.8, 4) is 11.4 Å². The molecule has 10 rings (SSSR count). The molecule has 3 heteroatoms. The van der Waals surface area contributed by atoms with Crippen LogP contribution in [0.4, 0.5) is 0 Å². The highest BCUT2D eigenvalue weighted by atomic mass is 15.0. The SMILES string of the molecule is C1=CCCc2c(c3ccccc3n2-c2cc(Cn3c4c(c5ccccc53)C=CCC4)cc(-n3c4ccc#cc4c4ccccc43)c2)C=1. The van der Waals surface area contributed by atoms with E-state index in [1.807, 2.05) is 6.07 Å². The fourth-order valence-corrected chi connectivity index (χ4v) is 8.14. The van der Waals surface area contributed by atoms with Gasteiger partial charge in [0.1, 0.15) is 0 Å². The van der Waals surface area contributed by atoms with Crippen molar-refractivity contribution >= 4 is 55.8 Å². The Morgan fingerprint density at radius 2 is 1.32 bits per heavy atom. The van der Waals surface area contributed by atoms with Gasteiger partial charge in [0.2, 0.25) is 0 Å². The lowest BCUT2D eigenvalue weighted by molar-refractivity contribution is 0.753. The first-order valence-electron chi connectivity index (χ1n) is 16.6. The minimum Gasteiger partial charge on any atom is -0.340 e. The molecule has 0 unspecified atom stereocenters. The van der Waals surface area contributed by atoms with Crippen molar-refractivity contribution in [3.05, 3.63) is 161 Å². The molecule has 3 heterocycles. The summed E-state index contributed by atoms with van der Waals surface area (Å²) in [6.07, 6.45) is 13.1. The van der Waals surface area contributed by atoms with Gasteiger partial charge in [-0.1, -0.05) is 78.9 Å². The van der Waals surface area contributed by atoms with Crippen molar-refractivity contribution in [2.75, 3.05) is 0 Å². The molecule has 2 aliphatic rings. The largest absolute Gasteiger partial charge is 0.340 e. The van der Waals surface area contributed by atoms with Crippen LogP contribution in [0.5, 0.6) is 0 Å². The van der Waals surface area contributed by atoms with Crippen LogP contribution >= 0.6 is 0 Å². The second-order valence-electron chi connectivity index (χ2n) is 12.7. The van der Waals surface area contributed by atoms with Crippen LogP contribution in [0, 0.1) is 12.1 Å². The van der Waals surface area contributed by atoms with Crippen LogP contribution in [0.15, 0.2) is 121 Å². The van der Waals surface area contributed by atoms with E-state index < -0.39 is 0 Å². The van der Waals surface area contributed by atoms with Gasteiger partial charge in [-0.3, -0.25) is 0 Å². The number of hydrogen-bond donors (Lipinski definition) is 0. The molecule has 3 aromatic heterocycles. The number of allylic oxidation sites excluding steroid dienone is 2. The number of rotatable bonds is 4. The van der Waals surface area contributed by atoms with Crippen LogP contribution in [0.1, 0.15) is 40.9 Å². The lowest BCUT2D eigenvalue weighted by Crippen LogP contribution is -2.09. The second kappa shape index (κ2) is 10.3. The summed E-state index contributed by atoms with van der Waals surface area (Å²) in [5.74, 6) is 0. The minimum absolute atomic E-state index is 0.796. The van der Waals surface area contributed by atoms with Crippen molar-refractivity contribution < 1.29 is 0 Å². The van der Waals surface area contributed by atoms with Gasteiger partial charge >= 0.3 is 0 Å². The molecular weight excluding hydrogens is 571 g/mol. The maximum atomic E-state index is 3.44. The van der Waals surface area contributed by atoms with E-state index in [-0.39, 0.29) is 0 Å². The molecule has 2 aliphatic carbocycles. The van der Waals surface area contributed by atoms with E-state index in [0.29, 0.717) is 0 Å². The van der Waals surface area contributed by atoms with E-state index in [1.54, 1.807) is 0 Å². The van der Waals surface area contributed by atoms with Gasteiger partial charge in [0, 0.05) is 62.1 Å². The molecule has 47 heavy (non-hydrogen) atoms. The van der Waals surface area contributed by atoms with Crippen LogP contribution in [0.3, 0.4) is 0 Å². The summed E-state index contributed by atoms with van der Waals surface area (Å²) >= 11 is 0. The Balaban J connectivity index is 1.27. The summed E-state index contributed by atoms with van der Waals surface area (Å²) in [4.78, 5) is 0. The number of nitrogens with zero attached hydrogens (tertiary/aromatic N) is 3. The Kier molecular flexibility index (Phi) is 5.76. The fourth-order valence-electron chi connectivity index (χ4n) is 8.14. The number of hydrogen-bond acceptors (Lipinski definition) is 0. The quantitative estimate of drug-likeness (QED) is 0.178. The average Bonchev–Trinajstić information content (AvgIpc) is 3.66. The molecule has 0 amide bonds. The maximum absolute atomic E-state index is 3.44. The van der Waals surface area contributed by atoms with E-state index in [1.165, 1.54) is 66.5 Å². The van der Waals surface area contributed by atoms with Crippen LogP contribution in [0.2, 0.25) is 0 Å². The average molecular weight is 602 g/mol. The van der Waals surface area contributed by atoms with Gasteiger partial charge in [0.25, 0.3) is 0 Å². The Bertz CT molecular complexity index is 2590. The number of aromatic nitrogens is 3. The third kappa shape index (κ3) is 3.96. The van der Waals surface area contributed by atoms with E-state index in [0.717, 1.165) is 48.8 Å². The van der Waals surface area contributed by atoms with Crippen LogP contribution in [-0.4, -0.2) is 13.7 Å². The highest BCUT2D eigenvalue weighted by Gasteiger charge is 2.21. The van der Waals surface area contributed by atoms with E-state index in [2.05, 4.69) is 153 Å². The monoisotopic (exact) mass is 601 g/mol. The van der Waals surface area contributed by atoms with Gasteiger partial charge in [-0.05, 0) is 91.9 Å². The summed E-state index contributed by atoms with van der Waals surface area (Å²) in [7, 11) is 0. The predicted molar refractivity (Wildman–Crippen MR) is 195 cm³/mol. The molecule has 0 fully saturated rings. The fraction of sp³-hybridized carbons (Fsp3) is 0.114. The molecule has 8 aromatic rings. The molecule has 0 saturated heterocycles. The summed E-state index contributed by atoms with van der Waals surface area (Å²) in [6, 6.07) is 44.4. The van der Waals surface area contributed by atoms with Gasteiger partial charge in [-0.25, -0.2) is 0 Å². The van der Waals surface area contributed by atoms with Gasteiger partial charge in [0.15, 0.2) is 0 Å². The van der Waals surface area contributed by atoms with Gasteiger partial charge in [-0.2, -0.15) is 0 Å². The van der Waals surface area contributed by atoms with Crippen molar-refractivity contribution in [2.45, 2.75) is 32.2 Å². The zero-order valence-corrected chi connectivity index (χ0v) is 26.0. The van der Waals surface area contributed by atoms with Crippen molar-refractivity contribution in [1.29, 1.82) is 0 Å². The second-order valence-corrected chi connectivity index (χ2v) is 12.7. The third-order valence-electron chi connectivity index (χ3n) is 10.1. The smallest absolute Gasteiger partial charge is 0.0631 e. The lowest BCUT2D eigenvalue weighted by atomic mass is 10.0. The maximum Gasteiger partial charge on any atom is 0.0631 e. The summed E-state index contributed by atoms with van der Waals surface area (Å²) in [5, 5.41) is 4.91. The predicted octanol–water partition coefficient (Wildman–Crippen LogP) is 10.4. The number of fused-ring (bicyclic) bond motifs is 9. The number of para-hydroxylation sites is 3. The van der Waals surface area contributed by atoms with Crippen molar-refractivity contribution in [1.82, 2.24) is 13.7 Å². The molecule has 0 aliphatic heterocycles. The zero-order valence-electron chi connectivity index (χ0n) is 26.0. The first-order valence-corrected chi connectivity index (χ1v) is 16.6. The van der Waals surface area contributed by atoms with Crippen molar-refractivity contribution in [3.63, 3.8) is 0 Å². The molecule has 5 aromatic carbocycles. The van der Waals surface area contributed by atoms with Gasteiger partial charge in [-0.15, -0.1) is 5.73 Å². The van der Waals surface area contributed by atoms with Gasteiger partial charge < -0.3 is 13.7 Å². The lowest BCUT2D eigenvalue weighted by Gasteiger charge is -2.18. The molecule has 3 nitrogen and oxygen atoms in total. The highest BCUT2D eigenvalue weighted by Crippen LogP contribution is 2.37. The Morgan fingerprint density at radius 3 is 2.17 bits per heavy atom. The van der Waals surface area contributed by atoms with Crippen LogP contribution in [0.25, 0.3) is 67.1 Å². The topological polar surface area (TPSA) is 14.8 Å². The van der Waals surface area contributed by atoms with Crippen LogP contribution < -0.4 is 0 Å². The normalized spacial score (nSPS) is 13.8. The molecule has 0 spiro atoms. The van der Waals surface area contributed by atoms with Crippen LogP contribution in [-0.2, 0) is 19.4 Å². The molecule has 222 valence electrons. The summed E-state index contributed by atoms with van der Waals surface area (Å²) in [6.45, 7) is 0.796. The first kappa shape index (κ1) is 26.3. The minimum atomic E-state index is 0.796. The van der Waals surface area contributed by atoms with E-state index >= 15 is 0 Å². The first-order chi connectivity index (χ1) is 23.3. The molecule has 0 N–H and O–H groups in total. The highest BCUT2D eigenvalue weighted by molar-refractivity contribution is 6.08. The molecule has 0 saturated carbocycles. The van der Waals surface area contributed by atoms with Gasteiger partial charge in [0.05, 0.1) is 21.9 Å².